The molecule has 2 N–H and O–H groups in total. The molecule has 6 heteroatoms. The first-order valence-corrected chi connectivity index (χ1v) is 13.1. The maximum atomic E-state index is 12.3. The van der Waals surface area contributed by atoms with Crippen molar-refractivity contribution in [2.75, 3.05) is 6.54 Å². The van der Waals surface area contributed by atoms with Crippen molar-refractivity contribution >= 4 is 35.0 Å². The summed E-state index contributed by atoms with van der Waals surface area (Å²) in [6, 6.07) is 17.2. The Morgan fingerprint density at radius 3 is 2.21 bits per heavy atom. The molecule has 0 aliphatic carbocycles. The Morgan fingerprint density at radius 2 is 1.65 bits per heavy atom. The zero-order valence-corrected chi connectivity index (χ0v) is 22.3. The van der Waals surface area contributed by atoms with Crippen LogP contribution in [0.2, 0.25) is 0 Å². The number of thioether (sulfide) groups is 1. The summed E-state index contributed by atoms with van der Waals surface area (Å²) in [6.45, 7) is 13.3. The van der Waals surface area contributed by atoms with Crippen LogP contribution in [0.15, 0.2) is 53.4 Å². The number of aryl methyl sites for hydroxylation is 2. The molecule has 0 saturated carbocycles. The van der Waals surface area contributed by atoms with Crippen LogP contribution in [0.5, 0.6) is 0 Å². The normalized spacial score (nSPS) is 12.4. The van der Waals surface area contributed by atoms with Gasteiger partial charge in [0.05, 0.1) is 11.3 Å². The van der Waals surface area contributed by atoms with E-state index in [-0.39, 0.29) is 29.5 Å². The van der Waals surface area contributed by atoms with Crippen LogP contribution < -0.4 is 5.32 Å². The van der Waals surface area contributed by atoms with Crippen molar-refractivity contribution < 1.29 is 14.7 Å². The van der Waals surface area contributed by atoms with Crippen LogP contribution in [0.1, 0.15) is 70.6 Å². The molecule has 4 nitrogen and oxygen atoms in total. The van der Waals surface area contributed by atoms with Crippen LogP contribution in [0, 0.1) is 13.8 Å². The molecular formula is C28H33NO3S2. The van der Waals surface area contributed by atoms with Crippen molar-refractivity contribution in [2.45, 2.75) is 63.5 Å². The summed E-state index contributed by atoms with van der Waals surface area (Å²) in [7, 11) is 0. The zero-order valence-electron chi connectivity index (χ0n) is 20.7. The maximum Gasteiger partial charge on any atom is 0.305 e. The highest BCUT2D eigenvalue weighted by molar-refractivity contribution is 7.99. The number of amides is 1. The number of carboxylic acids is 1. The predicted octanol–water partition coefficient (Wildman–Crippen LogP) is 7.39. The van der Waals surface area contributed by atoms with Gasteiger partial charge in [0, 0.05) is 21.6 Å². The van der Waals surface area contributed by atoms with Gasteiger partial charge in [0.1, 0.15) is 0 Å². The number of rotatable bonds is 8. The van der Waals surface area contributed by atoms with Gasteiger partial charge in [-0.1, -0.05) is 45.0 Å². The summed E-state index contributed by atoms with van der Waals surface area (Å²) in [5, 5.41) is 11.6. The highest BCUT2D eigenvalue weighted by atomic mass is 32.2. The average molecular weight is 496 g/mol. The number of nitrogens with one attached hydrogen (secondary N) is 1. The minimum atomic E-state index is -0.921. The Bertz CT molecular complexity index is 1150. The molecule has 0 aliphatic rings. The molecule has 1 heterocycles. The van der Waals surface area contributed by atoms with Gasteiger partial charge in [-0.2, -0.15) is 0 Å². The second-order valence-electron chi connectivity index (χ2n) is 9.62. The molecule has 3 aromatic rings. The minimum absolute atomic E-state index is 0.0777. The molecule has 0 saturated heterocycles. The summed E-state index contributed by atoms with van der Waals surface area (Å²) in [6.07, 6.45) is -0.0777. The molecule has 0 bridgehead atoms. The van der Waals surface area contributed by atoms with Crippen molar-refractivity contribution in [1.82, 2.24) is 5.32 Å². The number of hydrogen-bond donors (Lipinski definition) is 2. The van der Waals surface area contributed by atoms with Crippen molar-refractivity contribution in [2.24, 2.45) is 0 Å². The van der Waals surface area contributed by atoms with Crippen LogP contribution in [-0.4, -0.2) is 23.5 Å². The number of benzene rings is 2. The number of hydrogen-bond acceptors (Lipinski definition) is 4. The van der Waals surface area contributed by atoms with E-state index in [1.165, 1.54) is 44.0 Å². The molecule has 2 aromatic carbocycles. The third kappa shape index (κ3) is 6.51. The van der Waals surface area contributed by atoms with Gasteiger partial charge >= 0.3 is 5.97 Å². The molecule has 1 amide bonds. The maximum absolute atomic E-state index is 12.3. The first-order valence-electron chi connectivity index (χ1n) is 11.4. The molecule has 1 atom stereocenters. The van der Waals surface area contributed by atoms with E-state index in [0.29, 0.717) is 4.88 Å². The smallest absolute Gasteiger partial charge is 0.305 e. The second-order valence-corrected chi connectivity index (χ2v) is 12.2. The number of carbonyl (C=O) groups excluding carboxylic acids is 1. The SMILES string of the molecule is Cc1cc(SC(C)c2ccc(C(=O)NCCC(=O)O)s2)cc(C)c1-c1ccc(C(C)(C)C)cc1. The van der Waals surface area contributed by atoms with E-state index in [2.05, 4.69) is 83.3 Å². The average Bonchev–Trinajstić information content (AvgIpc) is 3.23. The molecular weight excluding hydrogens is 462 g/mol. The van der Waals surface area contributed by atoms with Crippen LogP contribution in [0.3, 0.4) is 0 Å². The third-order valence-electron chi connectivity index (χ3n) is 5.73. The predicted molar refractivity (Wildman–Crippen MR) is 143 cm³/mol. The largest absolute Gasteiger partial charge is 0.481 e. The van der Waals surface area contributed by atoms with E-state index in [1.807, 2.05) is 12.1 Å². The zero-order chi connectivity index (χ0) is 25.0. The first kappa shape index (κ1) is 26.0. The number of aliphatic carboxylic acids is 1. The van der Waals surface area contributed by atoms with Gasteiger partial charge in [0.15, 0.2) is 0 Å². The van der Waals surface area contributed by atoms with Gasteiger partial charge in [0.25, 0.3) is 5.91 Å². The molecule has 0 radical (unpaired) electrons. The van der Waals surface area contributed by atoms with E-state index < -0.39 is 5.97 Å². The van der Waals surface area contributed by atoms with E-state index in [9.17, 15) is 9.59 Å². The molecule has 34 heavy (non-hydrogen) atoms. The fourth-order valence-electron chi connectivity index (χ4n) is 3.91. The number of carboxylic acid groups (broad SMARTS) is 1. The Kier molecular flexibility index (Phi) is 8.26. The Hall–Kier alpha value is -2.57. The quantitative estimate of drug-likeness (QED) is 0.320. The Morgan fingerprint density at radius 1 is 1.03 bits per heavy atom. The fourth-order valence-corrected chi connectivity index (χ4v) is 6.15. The van der Waals surface area contributed by atoms with Gasteiger partial charge in [-0.05, 0) is 78.3 Å². The van der Waals surface area contributed by atoms with Crippen LogP contribution in [0.25, 0.3) is 11.1 Å². The van der Waals surface area contributed by atoms with Crippen molar-refractivity contribution in [3.63, 3.8) is 0 Å². The summed E-state index contributed by atoms with van der Waals surface area (Å²) in [4.78, 5) is 25.8. The first-order chi connectivity index (χ1) is 16.0. The lowest BCUT2D eigenvalue weighted by atomic mass is 9.85. The summed E-state index contributed by atoms with van der Waals surface area (Å²) >= 11 is 3.24. The Balaban J connectivity index is 1.71. The summed E-state index contributed by atoms with van der Waals surface area (Å²) < 4.78 is 0. The molecule has 0 spiro atoms. The minimum Gasteiger partial charge on any atom is -0.481 e. The standard InChI is InChI=1S/C28H33NO3S2/c1-17-15-22(16-18(2)26(17)20-7-9-21(10-8-20)28(4,5)6)33-19(3)23-11-12-24(34-23)27(32)29-14-13-25(30)31/h7-12,15-16,19H,13-14H2,1-6H3,(H,29,32)(H,30,31). The van der Waals surface area contributed by atoms with E-state index in [1.54, 1.807) is 11.8 Å². The highest BCUT2D eigenvalue weighted by Crippen LogP contribution is 2.40. The summed E-state index contributed by atoms with van der Waals surface area (Å²) in [5.74, 6) is -1.14. The Labute approximate surface area is 210 Å². The van der Waals surface area contributed by atoms with E-state index >= 15 is 0 Å². The monoisotopic (exact) mass is 495 g/mol. The molecule has 1 unspecified atom stereocenters. The molecule has 1 aromatic heterocycles. The van der Waals surface area contributed by atoms with Gasteiger partial charge in [-0.15, -0.1) is 23.1 Å². The lowest BCUT2D eigenvalue weighted by molar-refractivity contribution is -0.136. The molecule has 180 valence electrons. The lowest BCUT2D eigenvalue weighted by Crippen LogP contribution is -2.25. The van der Waals surface area contributed by atoms with Gasteiger partial charge in [-0.3, -0.25) is 9.59 Å². The van der Waals surface area contributed by atoms with Crippen molar-refractivity contribution in [1.29, 1.82) is 0 Å². The fraction of sp³-hybridized carbons (Fsp3) is 0.357. The highest BCUT2D eigenvalue weighted by Gasteiger charge is 2.17. The topological polar surface area (TPSA) is 66.4 Å². The second kappa shape index (κ2) is 10.8. The molecule has 3 rings (SSSR count). The van der Waals surface area contributed by atoms with E-state index in [0.717, 1.165) is 4.88 Å². The van der Waals surface area contributed by atoms with Crippen LogP contribution in [0.4, 0.5) is 0 Å². The molecule has 0 aliphatic heterocycles. The van der Waals surface area contributed by atoms with Gasteiger partial charge in [-0.25, -0.2) is 0 Å². The number of thiophene rings is 1. The third-order valence-corrected chi connectivity index (χ3v) is 8.27. The summed E-state index contributed by atoms with van der Waals surface area (Å²) in [5.41, 5.74) is 6.50. The van der Waals surface area contributed by atoms with E-state index in [4.69, 9.17) is 5.11 Å². The van der Waals surface area contributed by atoms with Gasteiger partial charge in [0.2, 0.25) is 0 Å². The van der Waals surface area contributed by atoms with Crippen LogP contribution in [-0.2, 0) is 10.2 Å². The van der Waals surface area contributed by atoms with Gasteiger partial charge < -0.3 is 10.4 Å². The molecule has 0 fully saturated rings. The number of carbonyl (C=O) groups is 2. The lowest BCUT2D eigenvalue weighted by Gasteiger charge is -2.20. The van der Waals surface area contributed by atoms with Crippen molar-refractivity contribution in [3.8, 4) is 11.1 Å². The van der Waals surface area contributed by atoms with Crippen molar-refractivity contribution in [3.05, 3.63) is 75.0 Å². The van der Waals surface area contributed by atoms with Crippen LogP contribution >= 0.6 is 23.1 Å².